The number of methoxy groups -OCH3 is 1. The van der Waals surface area contributed by atoms with Crippen molar-refractivity contribution in [2.24, 2.45) is 0 Å². The number of hydrogen-bond donors (Lipinski definition) is 2. The third kappa shape index (κ3) is 5.87. The van der Waals surface area contributed by atoms with Gasteiger partial charge < -0.3 is 20.1 Å². The Hall–Kier alpha value is -3.28. The highest BCUT2D eigenvalue weighted by Gasteiger charge is 2.02. The van der Waals surface area contributed by atoms with Gasteiger partial charge in [0.05, 0.1) is 13.2 Å². The molecule has 0 aliphatic carbocycles. The monoisotopic (exact) mass is 378 g/mol. The number of nitrogens with zero attached hydrogens (tertiary/aromatic N) is 2. The lowest BCUT2D eigenvalue weighted by atomic mass is 10.1. The summed E-state index contributed by atoms with van der Waals surface area (Å²) in [7, 11) is 1.67. The average Bonchev–Trinajstić information content (AvgIpc) is 2.70. The molecule has 0 aliphatic rings. The second kappa shape index (κ2) is 9.60. The highest BCUT2D eigenvalue weighted by atomic mass is 16.5. The molecule has 6 heteroatoms. The Morgan fingerprint density at radius 2 is 1.64 bits per heavy atom. The van der Waals surface area contributed by atoms with Crippen molar-refractivity contribution < 1.29 is 9.47 Å². The summed E-state index contributed by atoms with van der Waals surface area (Å²) in [6.45, 7) is 4.80. The molecule has 1 aromatic heterocycles. The summed E-state index contributed by atoms with van der Waals surface area (Å²) >= 11 is 0. The summed E-state index contributed by atoms with van der Waals surface area (Å²) < 4.78 is 10.8. The fourth-order valence-electron chi connectivity index (χ4n) is 2.66. The van der Waals surface area contributed by atoms with Gasteiger partial charge in [0, 0.05) is 18.4 Å². The molecule has 0 atom stereocenters. The van der Waals surface area contributed by atoms with Crippen molar-refractivity contribution in [3.05, 3.63) is 66.4 Å². The number of ether oxygens (including phenoxy) is 2. The second-order valence-electron chi connectivity index (χ2n) is 6.61. The number of benzene rings is 2. The number of hydrogen-bond acceptors (Lipinski definition) is 6. The molecule has 0 amide bonds. The van der Waals surface area contributed by atoms with Gasteiger partial charge in [-0.1, -0.05) is 12.1 Å². The topological polar surface area (TPSA) is 68.3 Å². The minimum absolute atomic E-state index is 0.155. The van der Waals surface area contributed by atoms with Crippen LogP contribution < -0.4 is 20.1 Å². The van der Waals surface area contributed by atoms with Gasteiger partial charge in [0.2, 0.25) is 5.95 Å². The standard InChI is InChI=1S/C22H26N4O2/c1-16(2)28-20-10-6-18(7-11-20)25-22-24-15-13-21(26-22)23-14-12-17-4-8-19(27-3)9-5-17/h4-11,13,15-16H,12,14H2,1-3H3,(H2,23,24,25,26). The summed E-state index contributed by atoms with van der Waals surface area (Å²) in [5, 5.41) is 6.55. The van der Waals surface area contributed by atoms with E-state index in [2.05, 4.69) is 32.7 Å². The summed E-state index contributed by atoms with van der Waals surface area (Å²) in [5.41, 5.74) is 2.15. The van der Waals surface area contributed by atoms with Crippen LogP contribution in [-0.4, -0.2) is 29.7 Å². The molecule has 1 heterocycles. The Balaban J connectivity index is 1.53. The van der Waals surface area contributed by atoms with Crippen LogP contribution in [0.15, 0.2) is 60.8 Å². The maximum atomic E-state index is 5.66. The highest BCUT2D eigenvalue weighted by Crippen LogP contribution is 2.19. The van der Waals surface area contributed by atoms with E-state index in [9.17, 15) is 0 Å². The number of nitrogens with one attached hydrogen (secondary N) is 2. The predicted octanol–water partition coefficient (Wildman–Crippen LogP) is 4.67. The van der Waals surface area contributed by atoms with Gasteiger partial charge in [0.15, 0.2) is 0 Å². The van der Waals surface area contributed by atoms with Crippen molar-refractivity contribution in [3.8, 4) is 11.5 Å². The molecular formula is C22H26N4O2. The van der Waals surface area contributed by atoms with E-state index < -0.39 is 0 Å². The molecule has 146 valence electrons. The van der Waals surface area contributed by atoms with Gasteiger partial charge >= 0.3 is 0 Å². The van der Waals surface area contributed by atoms with Gasteiger partial charge in [-0.2, -0.15) is 4.98 Å². The molecule has 0 saturated heterocycles. The quantitative estimate of drug-likeness (QED) is 0.564. The fourth-order valence-corrected chi connectivity index (χ4v) is 2.66. The zero-order chi connectivity index (χ0) is 19.8. The third-order valence-corrected chi connectivity index (χ3v) is 4.02. The van der Waals surface area contributed by atoms with Crippen LogP contribution in [0.5, 0.6) is 11.5 Å². The minimum Gasteiger partial charge on any atom is -0.497 e. The molecule has 3 aromatic rings. The molecule has 0 bridgehead atoms. The Labute approximate surface area is 166 Å². The Bertz CT molecular complexity index is 864. The van der Waals surface area contributed by atoms with Crippen molar-refractivity contribution in [2.75, 3.05) is 24.3 Å². The summed E-state index contributed by atoms with van der Waals surface area (Å²) in [6.07, 6.45) is 2.79. The van der Waals surface area contributed by atoms with Gasteiger partial charge in [0.1, 0.15) is 17.3 Å². The van der Waals surface area contributed by atoms with E-state index in [1.165, 1.54) is 5.56 Å². The van der Waals surface area contributed by atoms with Crippen LogP contribution in [0, 0.1) is 0 Å². The number of aromatic nitrogens is 2. The number of rotatable bonds is 9. The Morgan fingerprint density at radius 3 is 2.32 bits per heavy atom. The zero-order valence-corrected chi connectivity index (χ0v) is 16.5. The fraction of sp³-hybridized carbons (Fsp3) is 0.273. The van der Waals surface area contributed by atoms with Crippen LogP contribution in [0.4, 0.5) is 17.5 Å². The maximum Gasteiger partial charge on any atom is 0.229 e. The van der Waals surface area contributed by atoms with E-state index in [1.54, 1.807) is 13.3 Å². The van der Waals surface area contributed by atoms with E-state index in [0.717, 1.165) is 36.0 Å². The summed E-state index contributed by atoms with van der Waals surface area (Å²) in [6, 6.07) is 17.7. The van der Waals surface area contributed by atoms with Gasteiger partial charge in [-0.05, 0) is 68.3 Å². The summed E-state index contributed by atoms with van der Waals surface area (Å²) in [5.74, 6) is 3.04. The van der Waals surface area contributed by atoms with Gasteiger partial charge in [-0.15, -0.1) is 0 Å². The largest absolute Gasteiger partial charge is 0.497 e. The molecular weight excluding hydrogens is 352 g/mol. The van der Waals surface area contributed by atoms with Crippen LogP contribution in [0.3, 0.4) is 0 Å². The van der Waals surface area contributed by atoms with Crippen molar-refractivity contribution >= 4 is 17.5 Å². The first-order valence-electron chi connectivity index (χ1n) is 9.36. The zero-order valence-electron chi connectivity index (χ0n) is 16.5. The second-order valence-corrected chi connectivity index (χ2v) is 6.61. The molecule has 0 aliphatic heterocycles. The van der Waals surface area contributed by atoms with Crippen molar-refractivity contribution in [3.63, 3.8) is 0 Å². The van der Waals surface area contributed by atoms with Crippen molar-refractivity contribution in [2.45, 2.75) is 26.4 Å². The molecule has 0 saturated carbocycles. The van der Waals surface area contributed by atoms with E-state index in [1.807, 2.05) is 56.3 Å². The lowest BCUT2D eigenvalue weighted by Crippen LogP contribution is -2.08. The minimum atomic E-state index is 0.155. The first-order chi connectivity index (χ1) is 13.6. The molecule has 28 heavy (non-hydrogen) atoms. The molecule has 2 N–H and O–H groups in total. The molecule has 0 fully saturated rings. The van der Waals surface area contributed by atoms with E-state index in [-0.39, 0.29) is 6.10 Å². The van der Waals surface area contributed by atoms with Gasteiger partial charge in [-0.3, -0.25) is 0 Å². The van der Waals surface area contributed by atoms with Crippen molar-refractivity contribution in [1.29, 1.82) is 0 Å². The first kappa shape index (κ1) is 19.5. The van der Waals surface area contributed by atoms with Crippen LogP contribution in [0.1, 0.15) is 19.4 Å². The van der Waals surface area contributed by atoms with Crippen LogP contribution in [-0.2, 0) is 6.42 Å². The normalized spacial score (nSPS) is 10.6. The average molecular weight is 378 g/mol. The third-order valence-electron chi connectivity index (χ3n) is 4.02. The molecule has 2 aromatic carbocycles. The smallest absolute Gasteiger partial charge is 0.229 e. The van der Waals surface area contributed by atoms with Gasteiger partial charge in [-0.25, -0.2) is 4.98 Å². The maximum absolute atomic E-state index is 5.66. The molecule has 0 spiro atoms. The SMILES string of the molecule is COc1ccc(CCNc2ccnc(Nc3ccc(OC(C)C)cc3)n2)cc1. The van der Waals surface area contributed by atoms with E-state index >= 15 is 0 Å². The highest BCUT2D eigenvalue weighted by molar-refractivity contribution is 5.55. The molecule has 3 rings (SSSR count). The first-order valence-corrected chi connectivity index (χ1v) is 9.36. The molecule has 6 nitrogen and oxygen atoms in total. The van der Waals surface area contributed by atoms with Crippen LogP contribution in [0.2, 0.25) is 0 Å². The van der Waals surface area contributed by atoms with Crippen LogP contribution in [0.25, 0.3) is 0 Å². The predicted molar refractivity (Wildman–Crippen MR) is 113 cm³/mol. The lowest BCUT2D eigenvalue weighted by molar-refractivity contribution is 0.242. The Kier molecular flexibility index (Phi) is 6.68. The van der Waals surface area contributed by atoms with Crippen molar-refractivity contribution in [1.82, 2.24) is 9.97 Å². The van der Waals surface area contributed by atoms with Gasteiger partial charge in [0.25, 0.3) is 0 Å². The number of anilines is 3. The molecule has 0 unspecified atom stereocenters. The van der Waals surface area contributed by atoms with E-state index in [4.69, 9.17) is 9.47 Å². The van der Waals surface area contributed by atoms with Crippen LogP contribution >= 0.6 is 0 Å². The lowest BCUT2D eigenvalue weighted by Gasteiger charge is -2.11. The summed E-state index contributed by atoms with van der Waals surface area (Å²) in [4.78, 5) is 8.80. The molecule has 0 radical (unpaired) electrons. The Morgan fingerprint density at radius 1 is 0.929 bits per heavy atom. The van der Waals surface area contributed by atoms with E-state index in [0.29, 0.717) is 5.95 Å².